The molecule has 9 rings (SSSR count). The molecule has 5 fully saturated rings. The van der Waals surface area contributed by atoms with Gasteiger partial charge in [0.05, 0.1) is 12.2 Å². The number of benzene rings is 2. The molecule has 3 unspecified atom stereocenters. The molecule has 11 atom stereocenters. The number of carbonyl (C=O) groups is 7. The van der Waals surface area contributed by atoms with Gasteiger partial charge in [0.25, 0.3) is 11.8 Å². The van der Waals surface area contributed by atoms with Crippen LogP contribution in [0.5, 0.6) is 11.5 Å². The largest absolute Gasteiger partial charge is 0.457 e. The van der Waals surface area contributed by atoms with E-state index in [1.807, 2.05) is 18.2 Å². The predicted molar refractivity (Wildman–Crippen MR) is 227 cm³/mol. The Morgan fingerprint density at radius 1 is 0.906 bits per heavy atom. The zero-order valence-electron chi connectivity index (χ0n) is 36.0. The molecule has 2 aromatic rings. The van der Waals surface area contributed by atoms with Gasteiger partial charge >= 0.3 is 0 Å². The molecule has 3 saturated carbocycles. The van der Waals surface area contributed by atoms with Gasteiger partial charge in [0.1, 0.15) is 35.8 Å². The van der Waals surface area contributed by atoms with Crippen molar-refractivity contribution < 1.29 is 57.6 Å². The van der Waals surface area contributed by atoms with Crippen molar-refractivity contribution in [2.75, 3.05) is 18.5 Å². The third-order valence-corrected chi connectivity index (χ3v) is 14.6. The van der Waals surface area contributed by atoms with E-state index in [1.54, 1.807) is 62.4 Å². The zero-order valence-corrected chi connectivity index (χ0v) is 36.0. The van der Waals surface area contributed by atoms with Crippen molar-refractivity contribution in [2.24, 2.45) is 29.1 Å². The first-order chi connectivity index (χ1) is 30.6. The van der Waals surface area contributed by atoms with Gasteiger partial charge in [-0.2, -0.15) is 0 Å². The Hall–Kier alpha value is -5.81. The summed E-state index contributed by atoms with van der Waals surface area (Å²) in [7, 11) is 0. The quantitative estimate of drug-likeness (QED) is 0.200. The maximum atomic E-state index is 13.9. The van der Waals surface area contributed by atoms with Gasteiger partial charge < -0.3 is 40.0 Å². The lowest BCUT2D eigenvalue weighted by molar-refractivity contribution is -0.300. The summed E-state index contributed by atoms with van der Waals surface area (Å²) < 4.78 is 26.1. The number of anilines is 1. The monoisotopic (exact) mass is 876 g/mol. The van der Waals surface area contributed by atoms with Crippen molar-refractivity contribution in [1.82, 2.24) is 15.5 Å². The van der Waals surface area contributed by atoms with Gasteiger partial charge in [-0.25, -0.2) is 0 Å². The smallest absolute Gasteiger partial charge is 0.253 e. The molecule has 0 radical (unpaired) electrons. The van der Waals surface area contributed by atoms with Crippen LogP contribution >= 0.6 is 0 Å². The molecule has 4 aliphatic carbocycles. The van der Waals surface area contributed by atoms with Gasteiger partial charge in [0.2, 0.25) is 17.7 Å². The van der Waals surface area contributed by atoms with Gasteiger partial charge in [-0.05, 0) is 111 Å². The first-order valence-electron chi connectivity index (χ1n) is 22.0. The van der Waals surface area contributed by atoms with Gasteiger partial charge in [-0.1, -0.05) is 32.9 Å². The molecular weight excluding hydrogens is 825 g/mol. The van der Waals surface area contributed by atoms with Crippen LogP contribution < -0.4 is 20.7 Å². The van der Waals surface area contributed by atoms with Gasteiger partial charge in [0, 0.05) is 47.7 Å². The number of Topliss-reactive ketones (excluding diaryl/α,β-unsaturated/α-hetero) is 1. The topological polar surface area (TPSA) is 216 Å². The molecule has 5 amide bonds. The van der Waals surface area contributed by atoms with Crippen LogP contribution in [0.4, 0.5) is 5.69 Å². The van der Waals surface area contributed by atoms with E-state index in [9.17, 15) is 38.7 Å². The van der Waals surface area contributed by atoms with Gasteiger partial charge in [0.15, 0.2) is 23.5 Å². The summed E-state index contributed by atoms with van der Waals surface area (Å²) in [5.74, 6) is -1.73. The van der Waals surface area contributed by atoms with E-state index in [0.29, 0.717) is 35.6 Å². The van der Waals surface area contributed by atoms with Crippen molar-refractivity contribution in [2.45, 2.75) is 102 Å². The summed E-state index contributed by atoms with van der Waals surface area (Å²) in [5.41, 5.74) is -0.359. The van der Waals surface area contributed by atoms with Crippen molar-refractivity contribution in [3.05, 3.63) is 90.0 Å². The number of rotatable bonds is 14. The normalized spacial score (nSPS) is 32.7. The summed E-state index contributed by atoms with van der Waals surface area (Å²) >= 11 is 0. The van der Waals surface area contributed by atoms with E-state index in [4.69, 9.17) is 18.9 Å². The summed E-state index contributed by atoms with van der Waals surface area (Å²) in [4.78, 5) is 89.4. The molecule has 3 heterocycles. The Morgan fingerprint density at radius 2 is 1.59 bits per heavy atom. The minimum Gasteiger partial charge on any atom is -0.457 e. The second-order valence-electron chi connectivity index (χ2n) is 18.6. The second-order valence-corrected chi connectivity index (χ2v) is 18.6. The first kappa shape index (κ1) is 43.4. The number of hydrogen-bond donors (Lipinski definition) is 4. The van der Waals surface area contributed by atoms with Crippen molar-refractivity contribution in [3.8, 4) is 11.5 Å². The maximum absolute atomic E-state index is 13.9. The van der Waals surface area contributed by atoms with Crippen LogP contribution in [0.25, 0.3) is 0 Å². The van der Waals surface area contributed by atoms with E-state index in [-0.39, 0.29) is 54.3 Å². The fourth-order valence-corrected chi connectivity index (χ4v) is 11.6. The summed E-state index contributed by atoms with van der Waals surface area (Å²) in [6.45, 7) is 6.31. The third-order valence-electron chi connectivity index (χ3n) is 14.6. The molecule has 3 aliphatic heterocycles. The molecule has 0 aromatic heterocycles. The van der Waals surface area contributed by atoms with Crippen LogP contribution in [0.2, 0.25) is 0 Å². The number of ether oxygens (including phenoxy) is 4. The first-order valence-corrected chi connectivity index (χ1v) is 22.0. The van der Waals surface area contributed by atoms with E-state index in [2.05, 4.69) is 22.9 Å². The summed E-state index contributed by atoms with van der Waals surface area (Å²) in [5, 5.41) is 18.4. The molecule has 4 N–H and O–H groups in total. The minimum atomic E-state index is -1.35. The second kappa shape index (κ2) is 16.3. The number of nitrogens with zero attached hydrogens (tertiary/aromatic N) is 1. The number of fused-ring (bicyclic) bond motifs is 4. The van der Waals surface area contributed by atoms with Crippen molar-refractivity contribution in [1.29, 1.82) is 0 Å². The van der Waals surface area contributed by atoms with Gasteiger partial charge in [-0.15, -0.1) is 0 Å². The highest BCUT2D eigenvalue weighted by atomic mass is 16.7. The Morgan fingerprint density at radius 3 is 2.27 bits per heavy atom. The fraction of sp³-hybridized carbons (Fsp3) is 0.479. The highest BCUT2D eigenvalue weighted by Gasteiger charge is 2.78. The number of ketones is 2. The van der Waals surface area contributed by atoms with E-state index < -0.39 is 77.2 Å². The number of amides is 5. The van der Waals surface area contributed by atoms with Crippen LogP contribution in [0.3, 0.4) is 0 Å². The van der Waals surface area contributed by atoms with Crippen LogP contribution in [0.1, 0.15) is 71.7 Å². The molecule has 0 bridgehead atoms. The number of carbonyl (C=O) groups excluding carboxylic acids is 7. The molecule has 16 heteroatoms. The molecular formula is C48H52N4O12. The Bertz CT molecular complexity index is 2380. The molecule has 2 aromatic carbocycles. The highest BCUT2D eigenvalue weighted by Crippen LogP contribution is 2.73. The SMILES string of the molecule is CC(C)C(NC(=O)CCN1C(=O)C=CC1=O)C(=O)N[C@@H](C)C(=O)Nc1ccc(Oc2ccc([C@@H]3O[C@@H]4CC5[C@@H]6CCC7=CC(=O)C=C[C@@]78O[C@@H](C[C@]5(C)[C@]4(C(=O)CO)O3)C68)cc2)cc1. The van der Waals surface area contributed by atoms with Crippen LogP contribution in [-0.4, -0.2) is 99.8 Å². The molecule has 16 nitrogen and oxygen atoms in total. The maximum Gasteiger partial charge on any atom is 0.253 e. The standard InChI is InChI=1S/C48H52N4O12/c1-25(2)42(51-38(56)18-20-52-39(57)15-16-40(52)58)44(60)49-26(3)43(59)50-29-8-12-32(13-9-29)61-31-10-5-27(6-11-31)45-62-37-22-34-33-14-7-28-21-30(54)17-19-47(28)41(33)35(63-47)23-46(34,4)48(37,64-45)36(55)24-53/h5-6,8-13,15-17,19,21,25-26,33-35,37,41-42,45,53H,7,14,18,20,22-24H2,1-4H3,(H,49,60)(H,50,59)(H,51,56)/t26-,33-,34?,35-,37+,41?,42?,45+,46-,47+,48+/m0/s1. The zero-order chi connectivity index (χ0) is 45.3. The lowest BCUT2D eigenvalue weighted by Gasteiger charge is -2.68. The number of hydrogen-bond acceptors (Lipinski definition) is 12. The number of imide groups is 1. The Balaban J connectivity index is 0.785. The lowest BCUT2D eigenvalue weighted by Crippen LogP contribution is -2.72. The van der Waals surface area contributed by atoms with Crippen LogP contribution in [0, 0.1) is 29.1 Å². The average Bonchev–Trinajstić information content (AvgIpc) is 3.89. The molecule has 336 valence electrons. The van der Waals surface area contributed by atoms with Crippen molar-refractivity contribution >= 4 is 46.8 Å². The van der Waals surface area contributed by atoms with Gasteiger partial charge in [-0.3, -0.25) is 38.5 Å². The number of aliphatic hydroxyl groups is 1. The van der Waals surface area contributed by atoms with E-state index in [1.165, 1.54) is 6.92 Å². The van der Waals surface area contributed by atoms with E-state index >= 15 is 0 Å². The van der Waals surface area contributed by atoms with Crippen LogP contribution in [-0.2, 0) is 47.8 Å². The lowest BCUT2D eigenvalue weighted by atomic mass is 9.46. The molecule has 2 saturated heterocycles. The number of nitrogens with one attached hydrogen (secondary N) is 3. The molecule has 7 aliphatic rings. The summed E-state index contributed by atoms with van der Waals surface area (Å²) in [6, 6.07) is 11.9. The molecule has 1 spiro atoms. The minimum absolute atomic E-state index is 0.00839. The Kier molecular flexibility index (Phi) is 11.1. The van der Waals surface area contributed by atoms with Crippen LogP contribution in [0.15, 0.2) is 84.5 Å². The Labute approximate surface area is 369 Å². The average molecular weight is 877 g/mol. The summed E-state index contributed by atoms with van der Waals surface area (Å²) in [6.07, 6.45) is 8.68. The number of aliphatic hydroxyl groups excluding tert-OH is 1. The third kappa shape index (κ3) is 7.11. The predicted octanol–water partition coefficient (Wildman–Crippen LogP) is 3.75. The van der Waals surface area contributed by atoms with Crippen molar-refractivity contribution in [3.63, 3.8) is 0 Å². The fourth-order valence-electron chi connectivity index (χ4n) is 11.6. The highest BCUT2D eigenvalue weighted by molar-refractivity contribution is 6.13. The molecule has 64 heavy (non-hydrogen) atoms. The number of allylic oxidation sites excluding steroid dienone is 2. The van der Waals surface area contributed by atoms with E-state index in [0.717, 1.165) is 35.5 Å².